The zero-order valence-electron chi connectivity index (χ0n) is 14.6. The molecule has 7 heteroatoms. The van der Waals surface area contributed by atoms with Crippen LogP contribution in [0.25, 0.3) is 11.0 Å². The third-order valence-electron chi connectivity index (χ3n) is 4.11. The van der Waals surface area contributed by atoms with Crippen LogP contribution in [0, 0.1) is 13.8 Å². The quantitative estimate of drug-likeness (QED) is 0.918. The molecule has 3 rings (SSSR count). The lowest BCUT2D eigenvalue weighted by Gasteiger charge is -2.17. The molecule has 0 radical (unpaired) electrons. The van der Waals surface area contributed by atoms with Crippen molar-refractivity contribution in [1.82, 2.24) is 20.3 Å². The van der Waals surface area contributed by atoms with Crippen molar-refractivity contribution in [3.05, 3.63) is 23.1 Å². The minimum absolute atomic E-state index is 0.0883. The molecule has 1 aliphatic heterocycles. The van der Waals surface area contributed by atoms with Crippen LogP contribution in [-0.2, 0) is 4.74 Å². The first-order valence-corrected chi connectivity index (χ1v) is 8.19. The molecule has 1 N–H and O–H groups in total. The number of ether oxygens (including phenoxy) is 1. The summed E-state index contributed by atoms with van der Waals surface area (Å²) in [6.07, 6.45) is 2.10. The van der Waals surface area contributed by atoms with Gasteiger partial charge in [0.15, 0.2) is 5.65 Å². The van der Waals surface area contributed by atoms with Crippen LogP contribution in [-0.4, -0.2) is 54.2 Å². The normalized spacial score (nSPS) is 17.2. The second-order valence-electron chi connectivity index (χ2n) is 6.39. The van der Waals surface area contributed by atoms with Gasteiger partial charge in [0.25, 0.3) is 5.91 Å². The zero-order chi connectivity index (χ0) is 17.3. The molecule has 0 bridgehead atoms. The first-order chi connectivity index (χ1) is 11.5. The van der Waals surface area contributed by atoms with Crippen LogP contribution in [0.1, 0.15) is 34.7 Å². The van der Waals surface area contributed by atoms with Crippen molar-refractivity contribution in [1.29, 1.82) is 0 Å². The fourth-order valence-electron chi connectivity index (χ4n) is 2.97. The Morgan fingerprint density at radius 2 is 2.12 bits per heavy atom. The lowest BCUT2D eigenvalue weighted by Crippen LogP contribution is -2.33. The number of anilines is 1. The van der Waals surface area contributed by atoms with Crippen LogP contribution in [0.3, 0.4) is 0 Å². The summed E-state index contributed by atoms with van der Waals surface area (Å²) in [5.74, 6) is 0.547. The molecule has 1 saturated heterocycles. The fourth-order valence-corrected chi connectivity index (χ4v) is 2.97. The van der Waals surface area contributed by atoms with Gasteiger partial charge < -0.3 is 15.0 Å². The highest BCUT2D eigenvalue weighted by Gasteiger charge is 2.20. The third-order valence-corrected chi connectivity index (χ3v) is 4.11. The van der Waals surface area contributed by atoms with Gasteiger partial charge in [-0.1, -0.05) is 0 Å². The smallest absolute Gasteiger partial charge is 0.289 e. The molecule has 1 fully saturated rings. The topological polar surface area (TPSA) is 80.2 Å². The summed E-state index contributed by atoms with van der Waals surface area (Å²) in [4.78, 5) is 27.7. The van der Waals surface area contributed by atoms with E-state index in [-0.39, 0.29) is 17.8 Å². The third kappa shape index (κ3) is 3.31. The average Bonchev–Trinajstić information content (AvgIpc) is 3.04. The standard InChI is InChI=1S/C17H23N5O2/c1-10-8-11(2)19-14-13(10)16(22(3)4)21-15(20-14)17(23)18-9-12-6-5-7-24-12/h8,12H,5-7,9H2,1-4H3,(H,18,23)/t12-/m0/s1. The Balaban J connectivity index is 1.94. The highest BCUT2D eigenvalue weighted by molar-refractivity contribution is 5.96. The van der Waals surface area contributed by atoms with E-state index in [9.17, 15) is 4.79 Å². The minimum Gasteiger partial charge on any atom is -0.376 e. The monoisotopic (exact) mass is 329 g/mol. The number of amides is 1. The molecule has 0 spiro atoms. The van der Waals surface area contributed by atoms with Gasteiger partial charge in [-0.2, -0.15) is 0 Å². The van der Waals surface area contributed by atoms with E-state index in [0.717, 1.165) is 36.1 Å². The summed E-state index contributed by atoms with van der Waals surface area (Å²) in [7, 11) is 3.80. The maximum Gasteiger partial charge on any atom is 0.289 e. The molecule has 24 heavy (non-hydrogen) atoms. The molecule has 0 aromatic carbocycles. The number of pyridine rings is 1. The van der Waals surface area contributed by atoms with Crippen molar-refractivity contribution < 1.29 is 9.53 Å². The molecule has 1 atom stereocenters. The van der Waals surface area contributed by atoms with Gasteiger partial charge in [-0.15, -0.1) is 0 Å². The van der Waals surface area contributed by atoms with Crippen LogP contribution >= 0.6 is 0 Å². The Bertz CT molecular complexity index is 769. The molecular formula is C17H23N5O2. The Labute approximate surface area is 141 Å². The molecule has 0 aliphatic carbocycles. The van der Waals surface area contributed by atoms with Crippen LogP contribution in [0.15, 0.2) is 6.07 Å². The molecule has 0 saturated carbocycles. The van der Waals surface area contributed by atoms with Gasteiger partial charge in [0.05, 0.1) is 11.5 Å². The van der Waals surface area contributed by atoms with Gasteiger partial charge in [-0.25, -0.2) is 15.0 Å². The molecule has 128 valence electrons. The molecule has 1 amide bonds. The van der Waals surface area contributed by atoms with Crippen molar-refractivity contribution >= 4 is 22.8 Å². The highest BCUT2D eigenvalue weighted by Crippen LogP contribution is 2.25. The van der Waals surface area contributed by atoms with E-state index in [2.05, 4.69) is 20.3 Å². The van der Waals surface area contributed by atoms with Crippen LogP contribution in [0.5, 0.6) is 0 Å². The number of nitrogens with one attached hydrogen (secondary N) is 1. The number of hydrogen-bond donors (Lipinski definition) is 1. The van der Waals surface area contributed by atoms with E-state index in [1.54, 1.807) is 0 Å². The summed E-state index contributed by atoms with van der Waals surface area (Å²) in [5, 5.41) is 3.74. The van der Waals surface area contributed by atoms with E-state index in [1.807, 2.05) is 38.9 Å². The molecule has 0 unspecified atom stereocenters. The molecule has 3 heterocycles. The lowest BCUT2D eigenvalue weighted by atomic mass is 10.1. The summed E-state index contributed by atoms with van der Waals surface area (Å²) < 4.78 is 5.53. The van der Waals surface area contributed by atoms with Crippen LogP contribution in [0.2, 0.25) is 0 Å². The Hall–Kier alpha value is -2.28. The van der Waals surface area contributed by atoms with Crippen LogP contribution < -0.4 is 10.2 Å². The first kappa shape index (κ1) is 16.6. The molecule has 7 nitrogen and oxygen atoms in total. The highest BCUT2D eigenvalue weighted by atomic mass is 16.5. The first-order valence-electron chi connectivity index (χ1n) is 8.19. The predicted octanol–water partition coefficient (Wildman–Crippen LogP) is 1.62. The SMILES string of the molecule is Cc1cc(C)c2c(N(C)C)nc(C(=O)NC[C@@H]3CCCO3)nc2n1. The van der Waals surface area contributed by atoms with Crippen molar-refractivity contribution in [2.75, 3.05) is 32.1 Å². The summed E-state index contributed by atoms with van der Waals surface area (Å²) in [5.41, 5.74) is 2.47. The number of fused-ring (bicyclic) bond motifs is 1. The Morgan fingerprint density at radius 1 is 1.33 bits per heavy atom. The molecular weight excluding hydrogens is 306 g/mol. The molecule has 2 aromatic rings. The number of nitrogens with zero attached hydrogens (tertiary/aromatic N) is 4. The van der Waals surface area contributed by atoms with Crippen molar-refractivity contribution in [2.45, 2.75) is 32.8 Å². The second kappa shape index (κ2) is 6.68. The van der Waals surface area contributed by atoms with Crippen molar-refractivity contribution in [3.63, 3.8) is 0 Å². The Kier molecular flexibility index (Phi) is 4.62. The number of carbonyl (C=O) groups is 1. The van der Waals surface area contributed by atoms with Gasteiger partial charge >= 0.3 is 0 Å². The summed E-state index contributed by atoms with van der Waals surface area (Å²) >= 11 is 0. The zero-order valence-corrected chi connectivity index (χ0v) is 14.6. The van der Waals surface area contributed by atoms with Crippen molar-refractivity contribution in [2.24, 2.45) is 0 Å². The van der Waals surface area contributed by atoms with Crippen molar-refractivity contribution in [3.8, 4) is 0 Å². The largest absolute Gasteiger partial charge is 0.376 e. The van der Waals surface area contributed by atoms with Gasteiger partial charge in [0.1, 0.15) is 5.82 Å². The van der Waals surface area contributed by atoms with E-state index < -0.39 is 0 Å². The number of hydrogen-bond acceptors (Lipinski definition) is 6. The molecule has 2 aromatic heterocycles. The van der Waals surface area contributed by atoms with Crippen LogP contribution in [0.4, 0.5) is 5.82 Å². The lowest BCUT2D eigenvalue weighted by molar-refractivity contribution is 0.0849. The number of carbonyl (C=O) groups excluding carboxylic acids is 1. The molecule has 1 aliphatic rings. The van der Waals surface area contributed by atoms with E-state index >= 15 is 0 Å². The summed E-state index contributed by atoms with van der Waals surface area (Å²) in [6.45, 7) is 5.17. The van der Waals surface area contributed by atoms with Gasteiger partial charge in [0, 0.05) is 32.9 Å². The minimum atomic E-state index is -0.295. The Morgan fingerprint density at radius 3 is 2.79 bits per heavy atom. The maximum absolute atomic E-state index is 12.5. The van der Waals surface area contributed by atoms with E-state index in [4.69, 9.17) is 4.74 Å². The number of rotatable bonds is 4. The number of aryl methyl sites for hydroxylation is 2. The number of aromatic nitrogens is 3. The maximum atomic E-state index is 12.5. The predicted molar refractivity (Wildman–Crippen MR) is 92.4 cm³/mol. The van der Waals surface area contributed by atoms with E-state index in [0.29, 0.717) is 18.0 Å². The van der Waals surface area contributed by atoms with Gasteiger partial charge in [-0.05, 0) is 38.3 Å². The van der Waals surface area contributed by atoms with E-state index in [1.165, 1.54) is 0 Å². The van der Waals surface area contributed by atoms with Gasteiger partial charge in [0.2, 0.25) is 5.82 Å². The second-order valence-corrected chi connectivity index (χ2v) is 6.39. The summed E-state index contributed by atoms with van der Waals surface area (Å²) in [6, 6.07) is 2.00. The van der Waals surface area contributed by atoms with Gasteiger partial charge in [-0.3, -0.25) is 4.79 Å². The average molecular weight is 329 g/mol. The fraction of sp³-hybridized carbons (Fsp3) is 0.529.